The van der Waals surface area contributed by atoms with Gasteiger partial charge in [-0.05, 0) is 63.6 Å². The summed E-state index contributed by atoms with van der Waals surface area (Å²) in [7, 11) is -4.02. The van der Waals surface area contributed by atoms with Crippen LogP contribution in [0.2, 0.25) is 5.02 Å². The maximum Gasteiger partial charge on any atom is 0.317 e. The number of rotatable bonds is 6. The van der Waals surface area contributed by atoms with Crippen molar-refractivity contribution in [2.75, 3.05) is 18.4 Å². The van der Waals surface area contributed by atoms with E-state index in [2.05, 4.69) is 25.6 Å². The summed E-state index contributed by atoms with van der Waals surface area (Å²) >= 11 is 6.25. The number of nitrogens with zero attached hydrogens (tertiary/aromatic N) is 5. The summed E-state index contributed by atoms with van der Waals surface area (Å²) < 4.78 is 43.3. The Labute approximate surface area is 248 Å². The van der Waals surface area contributed by atoms with Gasteiger partial charge in [0.15, 0.2) is 23.1 Å². The SMILES string of the molecule is Cc1ccc(S(=O)(=O)n2cc(-c3ncc(F)c(NC4CCC[C@@H](NC(=O)N5CCCC5)C4)n3)c3cc(Cl)cnc32)cc1. The lowest BCUT2D eigenvalue weighted by Gasteiger charge is -2.32. The van der Waals surface area contributed by atoms with Crippen LogP contribution in [0.3, 0.4) is 0 Å². The number of carbonyl (C=O) groups is 1. The van der Waals surface area contributed by atoms with Gasteiger partial charge in [0.25, 0.3) is 10.0 Å². The molecule has 42 heavy (non-hydrogen) atoms. The van der Waals surface area contributed by atoms with Crippen LogP contribution >= 0.6 is 11.6 Å². The lowest BCUT2D eigenvalue weighted by atomic mass is 9.91. The molecule has 2 N–H and O–H groups in total. The topological polar surface area (TPSA) is 122 Å². The molecule has 3 aromatic heterocycles. The zero-order chi connectivity index (χ0) is 29.4. The van der Waals surface area contributed by atoms with Gasteiger partial charge in [-0.1, -0.05) is 29.3 Å². The van der Waals surface area contributed by atoms with Crippen LogP contribution in [0.15, 0.2) is 53.8 Å². The molecule has 220 valence electrons. The highest BCUT2D eigenvalue weighted by Gasteiger charge is 2.28. The van der Waals surface area contributed by atoms with Crippen LogP contribution < -0.4 is 10.6 Å². The smallest absolute Gasteiger partial charge is 0.317 e. The number of aryl methyl sites for hydroxylation is 1. The number of anilines is 1. The molecule has 2 fully saturated rings. The Hall–Kier alpha value is -3.77. The van der Waals surface area contributed by atoms with Gasteiger partial charge in [0, 0.05) is 48.5 Å². The van der Waals surface area contributed by atoms with Crippen LogP contribution in [0.1, 0.15) is 44.1 Å². The molecule has 10 nitrogen and oxygen atoms in total. The maximum atomic E-state index is 15.0. The number of nitrogens with one attached hydrogen (secondary N) is 2. The first kappa shape index (κ1) is 28.4. The number of likely N-dealkylation sites (tertiary alicyclic amines) is 1. The van der Waals surface area contributed by atoms with Gasteiger partial charge in [0.05, 0.1) is 16.1 Å². The van der Waals surface area contributed by atoms with Crippen LogP contribution in [0.25, 0.3) is 22.4 Å². The van der Waals surface area contributed by atoms with E-state index in [0.29, 0.717) is 22.4 Å². The molecule has 0 spiro atoms. The number of carbonyl (C=O) groups excluding carboxylic acids is 1. The van der Waals surface area contributed by atoms with E-state index in [9.17, 15) is 17.6 Å². The number of hydrogen-bond donors (Lipinski definition) is 2. The number of halogens is 2. The summed E-state index contributed by atoms with van der Waals surface area (Å²) in [5.74, 6) is -0.497. The first-order valence-corrected chi connectivity index (χ1v) is 15.8. The van der Waals surface area contributed by atoms with E-state index < -0.39 is 15.8 Å². The van der Waals surface area contributed by atoms with E-state index in [1.807, 2.05) is 11.8 Å². The molecule has 1 aliphatic carbocycles. The number of hydrogen-bond acceptors (Lipinski definition) is 7. The summed E-state index contributed by atoms with van der Waals surface area (Å²) in [5.41, 5.74) is 1.43. The molecule has 1 aliphatic heterocycles. The van der Waals surface area contributed by atoms with E-state index in [-0.39, 0.29) is 40.3 Å². The molecule has 1 saturated heterocycles. The zero-order valence-corrected chi connectivity index (χ0v) is 24.6. The zero-order valence-electron chi connectivity index (χ0n) is 23.1. The molecule has 0 bridgehead atoms. The Morgan fingerprint density at radius 1 is 1.05 bits per heavy atom. The number of urea groups is 1. The maximum absolute atomic E-state index is 15.0. The summed E-state index contributed by atoms with van der Waals surface area (Å²) in [4.78, 5) is 27.5. The van der Waals surface area contributed by atoms with E-state index in [4.69, 9.17) is 11.6 Å². The minimum atomic E-state index is -4.02. The fourth-order valence-electron chi connectivity index (χ4n) is 5.67. The number of aromatic nitrogens is 4. The summed E-state index contributed by atoms with van der Waals surface area (Å²) in [6.45, 7) is 3.43. The van der Waals surface area contributed by atoms with Crippen molar-refractivity contribution < 1.29 is 17.6 Å². The van der Waals surface area contributed by atoms with Crippen molar-refractivity contribution in [3.8, 4) is 11.4 Å². The average Bonchev–Trinajstić information content (AvgIpc) is 3.64. The predicted octanol–water partition coefficient (Wildman–Crippen LogP) is 5.36. The molecule has 2 amide bonds. The Morgan fingerprint density at radius 3 is 2.55 bits per heavy atom. The number of pyridine rings is 1. The molecule has 13 heteroatoms. The Morgan fingerprint density at radius 2 is 1.79 bits per heavy atom. The largest absolute Gasteiger partial charge is 0.365 e. The molecule has 1 saturated carbocycles. The predicted molar refractivity (Wildman–Crippen MR) is 158 cm³/mol. The van der Waals surface area contributed by atoms with Crippen LogP contribution in [-0.2, 0) is 10.0 Å². The molecule has 6 rings (SSSR count). The lowest BCUT2D eigenvalue weighted by molar-refractivity contribution is 0.199. The molecule has 1 unspecified atom stereocenters. The van der Waals surface area contributed by atoms with Crippen molar-refractivity contribution in [3.63, 3.8) is 0 Å². The third-order valence-electron chi connectivity index (χ3n) is 7.88. The van der Waals surface area contributed by atoms with Gasteiger partial charge in [-0.2, -0.15) is 0 Å². The fourth-order valence-corrected chi connectivity index (χ4v) is 7.15. The third kappa shape index (κ3) is 5.65. The number of amides is 2. The highest BCUT2D eigenvalue weighted by molar-refractivity contribution is 7.90. The monoisotopic (exact) mass is 611 g/mol. The van der Waals surface area contributed by atoms with Crippen LogP contribution in [0, 0.1) is 12.7 Å². The summed E-state index contributed by atoms with van der Waals surface area (Å²) in [6, 6.07) is 7.93. The second kappa shape index (κ2) is 11.5. The summed E-state index contributed by atoms with van der Waals surface area (Å²) in [6.07, 6.45) is 9.03. The van der Waals surface area contributed by atoms with Gasteiger partial charge in [-0.25, -0.2) is 36.5 Å². The molecule has 2 aliphatic rings. The number of fused-ring (bicyclic) bond motifs is 1. The molecule has 1 aromatic carbocycles. The van der Waals surface area contributed by atoms with E-state index in [1.165, 1.54) is 24.5 Å². The minimum absolute atomic E-state index is 0.00815. The molecule has 4 heterocycles. The fraction of sp³-hybridized carbons (Fsp3) is 0.379. The van der Waals surface area contributed by atoms with Gasteiger partial charge in [0.1, 0.15) is 0 Å². The van der Waals surface area contributed by atoms with Gasteiger partial charge in [-0.3, -0.25) is 0 Å². The van der Waals surface area contributed by atoms with Crippen LogP contribution in [-0.4, -0.2) is 63.4 Å². The van der Waals surface area contributed by atoms with Gasteiger partial charge in [-0.15, -0.1) is 0 Å². The molecule has 2 atom stereocenters. The van der Waals surface area contributed by atoms with Crippen molar-refractivity contribution >= 4 is 44.5 Å². The highest BCUT2D eigenvalue weighted by atomic mass is 35.5. The minimum Gasteiger partial charge on any atom is -0.365 e. The van der Waals surface area contributed by atoms with E-state index in [1.54, 1.807) is 18.2 Å². The van der Waals surface area contributed by atoms with Crippen molar-refractivity contribution in [1.82, 2.24) is 29.1 Å². The van der Waals surface area contributed by atoms with Gasteiger partial charge >= 0.3 is 6.03 Å². The van der Waals surface area contributed by atoms with Crippen molar-refractivity contribution in [1.29, 1.82) is 0 Å². The molecular weight excluding hydrogens is 581 g/mol. The molecule has 0 radical (unpaired) electrons. The summed E-state index contributed by atoms with van der Waals surface area (Å²) in [5, 5.41) is 7.05. The Bertz CT molecular complexity index is 1740. The van der Waals surface area contributed by atoms with Gasteiger partial charge < -0.3 is 15.5 Å². The quantitative estimate of drug-likeness (QED) is 0.301. The highest BCUT2D eigenvalue weighted by Crippen LogP contribution is 2.33. The van der Waals surface area contributed by atoms with Crippen molar-refractivity contribution in [2.45, 2.75) is 62.4 Å². The van der Waals surface area contributed by atoms with Crippen molar-refractivity contribution in [2.24, 2.45) is 0 Å². The standard InChI is InChI=1S/C29H31ClFN7O3S/c1-18-7-9-22(10-8-18)42(40,41)38-17-24(23-13-19(30)15-33-28(23)38)26-32-16-25(31)27(36-26)34-20-5-4-6-21(14-20)35-29(39)37-11-2-3-12-37/h7-10,13,15-17,20-21H,2-6,11-12,14H2,1H3,(H,35,39)(H,32,34,36)/t20?,21-/m1/s1. The van der Waals surface area contributed by atoms with E-state index in [0.717, 1.165) is 60.9 Å². The lowest BCUT2D eigenvalue weighted by Crippen LogP contribution is -2.47. The number of benzene rings is 1. The van der Waals surface area contributed by atoms with Gasteiger partial charge in [0.2, 0.25) is 0 Å². The average molecular weight is 612 g/mol. The Balaban J connectivity index is 1.29. The Kier molecular flexibility index (Phi) is 7.75. The first-order chi connectivity index (χ1) is 20.2. The second-order valence-electron chi connectivity index (χ2n) is 10.9. The second-order valence-corrected chi connectivity index (χ2v) is 13.2. The third-order valence-corrected chi connectivity index (χ3v) is 9.75. The van der Waals surface area contributed by atoms with Crippen molar-refractivity contribution in [3.05, 3.63) is 65.3 Å². The van der Waals surface area contributed by atoms with Crippen LogP contribution in [0.4, 0.5) is 15.0 Å². The molecule has 4 aromatic rings. The van der Waals surface area contributed by atoms with E-state index >= 15 is 0 Å². The first-order valence-electron chi connectivity index (χ1n) is 14.0. The molecular formula is C29H31ClFN7O3S. The van der Waals surface area contributed by atoms with Crippen LogP contribution in [0.5, 0.6) is 0 Å². The normalized spacial score (nSPS) is 19.3.